The Morgan fingerprint density at radius 3 is 2.48 bits per heavy atom. The summed E-state index contributed by atoms with van der Waals surface area (Å²) in [5, 5.41) is 3.45. The van der Waals surface area contributed by atoms with Crippen LogP contribution in [0, 0.1) is 0 Å². The van der Waals surface area contributed by atoms with Gasteiger partial charge in [-0.2, -0.15) is 0 Å². The monoisotopic (exact) mass is 311 g/mol. The van der Waals surface area contributed by atoms with E-state index in [0.29, 0.717) is 12.5 Å². The van der Waals surface area contributed by atoms with Crippen molar-refractivity contribution in [2.45, 2.75) is 45.4 Å². The van der Waals surface area contributed by atoms with Crippen LogP contribution >= 0.6 is 0 Å². The number of fused-ring (bicyclic) bond motifs is 2. The summed E-state index contributed by atoms with van der Waals surface area (Å²) in [6.07, 6.45) is 7.03. The van der Waals surface area contributed by atoms with E-state index in [-0.39, 0.29) is 5.76 Å². The molecule has 2 aromatic rings. The van der Waals surface area contributed by atoms with Crippen LogP contribution in [0.2, 0.25) is 0 Å². The summed E-state index contributed by atoms with van der Waals surface area (Å²) in [6, 6.07) is 5.88. The van der Waals surface area contributed by atoms with Crippen molar-refractivity contribution in [3.63, 3.8) is 0 Å². The Morgan fingerprint density at radius 1 is 1.13 bits per heavy atom. The van der Waals surface area contributed by atoms with Gasteiger partial charge < -0.3 is 14.5 Å². The number of nitrogens with one attached hydrogen (secondary N) is 1. The molecule has 0 atom stereocenters. The van der Waals surface area contributed by atoms with E-state index in [1.165, 1.54) is 53.6 Å². The third kappa shape index (κ3) is 2.52. The largest absolute Gasteiger partial charge is 0.460 e. The van der Waals surface area contributed by atoms with Crippen LogP contribution in [0.25, 0.3) is 0 Å². The number of rotatable bonds is 4. The smallest absolute Gasteiger partial charge is 0.374 e. The molecular weight excluding hydrogens is 290 g/mol. The molecule has 0 unspecified atom stereocenters. The molecule has 120 valence electrons. The van der Waals surface area contributed by atoms with Crippen LogP contribution in [0.1, 0.15) is 52.6 Å². The van der Waals surface area contributed by atoms with Gasteiger partial charge in [0.25, 0.3) is 0 Å². The second kappa shape index (κ2) is 5.76. The molecule has 0 saturated carbocycles. The van der Waals surface area contributed by atoms with E-state index in [1.54, 1.807) is 13.0 Å². The van der Waals surface area contributed by atoms with Gasteiger partial charge in [-0.3, -0.25) is 0 Å². The lowest BCUT2D eigenvalue weighted by Gasteiger charge is -2.15. The van der Waals surface area contributed by atoms with E-state index in [9.17, 15) is 4.79 Å². The molecule has 0 amide bonds. The number of carbonyl (C=O) groups is 1. The van der Waals surface area contributed by atoms with Crippen molar-refractivity contribution in [1.82, 2.24) is 0 Å². The van der Waals surface area contributed by atoms with Gasteiger partial charge in [0.1, 0.15) is 0 Å². The summed E-state index contributed by atoms with van der Waals surface area (Å²) in [5.74, 6) is 0.449. The predicted octanol–water partition coefficient (Wildman–Crippen LogP) is 4.18. The maximum atomic E-state index is 11.7. The maximum absolute atomic E-state index is 11.7. The van der Waals surface area contributed by atoms with Crippen LogP contribution in [0.3, 0.4) is 0 Å². The second-order valence-electron chi connectivity index (χ2n) is 6.24. The molecule has 1 N–H and O–H groups in total. The van der Waals surface area contributed by atoms with E-state index in [0.717, 1.165) is 12.8 Å². The molecule has 4 nitrogen and oxygen atoms in total. The van der Waals surface area contributed by atoms with Gasteiger partial charge in [0.15, 0.2) is 5.88 Å². The number of carbonyl (C=O) groups excluding carboxylic acids is 1. The highest BCUT2D eigenvalue weighted by Crippen LogP contribution is 2.40. The topological polar surface area (TPSA) is 51.5 Å². The lowest BCUT2D eigenvalue weighted by molar-refractivity contribution is 0.0491. The normalized spacial score (nSPS) is 15.3. The highest BCUT2D eigenvalue weighted by Gasteiger charge is 2.24. The summed E-state index contributed by atoms with van der Waals surface area (Å²) in [7, 11) is 0. The van der Waals surface area contributed by atoms with Crippen molar-refractivity contribution in [3.05, 3.63) is 46.2 Å². The predicted molar refractivity (Wildman–Crippen MR) is 88.4 cm³/mol. The van der Waals surface area contributed by atoms with Crippen LogP contribution in [0.5, 0.6) is 0 Å². The first-order valence-electron chi connectivity index (χ1n) is 8.46. The van der Waals surface area contributed by atoms with E-state index >= 15 is 0 Å². The van der Waals surface area contributed by atoms with Crippen molar-refractivity contribution in [1.29, 1.82) is 0 Å². The summed E-state index contributed by atoms with van der Waals surface area (Å²) < 4.78 is 10.6. The third-order valence-electron chi connectivity index (χ3n) is 4.80. The van der Waals surface area contributed by atoms with Crippen LogP contribution in [-0.4, -0.2) is 12.6 Å². The maximum Gasteiger partial charge on any atom is 0.374 e. The molecule has 0 fully saturated rings. The fraction of sp³-hybridized carbons (Fsp3) is 0.421. The van der Waals surface area contributed by atoms with Crippen LogP contribution < -0.4 is 5.32 Å². The summed E-state index contributed by atoms with van der Waals surface area (Å²) in [4.78, 5) is 11.7. The zero-order chi connectivity index (χ0) is 15.8. The minimum Gasteiger partial charge on any atom is -0.460 e. The number of hydrogen-bond acceptors (Lipinski definition) is 4. The number of benzene rings is 1. The summed E-state index contributed by atoms with van der Waals surface area (Å²) in [6.45, 7) is 2.14. The summed E-state index contributed by atoms with van der Waals surface area (Å²) >= 11 is 0. The van der Waals surface area contributed by atoms with E-state index < -0.39 is 5.97 Å². The van der Waals surface area contributed by atoms with Gasteiger partial charge in [-0.25, -0.2) is 4.79 Å². The second-order valence-corrected chi connectivity index (χ2v) is 6.24. The Labute approximate surface area is 135 Å². The Bertz CT molecular complexity index is 728. The van der Waals surface area contributed by atoms with Gasteiger partial charge in [0.2, 0.25) is 5.76 Å². The Morgan fingerprint density at radius 2 is 1.83 bits per heavy atom. The van der Waals surface area contributed by atoms with E-state index in [1.807, 2.05) is 6.07 Å². The van der Waals surface area contributed by atoms with Crippen molar-refractivity contribution >= 4 is 17.5 Å². The first-order chi connectivity index (χ1) is 11.3. The van der Waals surface area contributed by atoms with Gasteiger partial charge in [-0.1, -0.05) is 6.07 Å². The fourth-order valence-electron chi connectivity index (χ4n) is 3.81. The van der Waals surface area contributed by atoms with Crippen molar-refractivity contribution in [2.24, 2.45) is 0 Å². The van der Waals surface area contributed by atoms with Gasteiger partial charge in [-0.15, -0.1) is 0 Å². The lowest BCUT2D eigenvalue weighted by atomic mass is 9.99. The molecule has 23 heavy (non-hydrogen) atoms. The first kappa shape index (κ1) is 14.4. The first-order valence-corrected chi connectivity index (χ1v) is 8.46. The minimum absolute atomic E-state index is 0.249. The molecule has 2 aliphatic carbocycles. The van der Waals surface area contributed by atoms with Gasteiger partial charge in [-0.05, 0) is 73.8 Å². The number of esters is 1. The number of aryl methyl sites for hydroxylation is 2. The van der Waals surface area contributed by atoms with Crippen molar-refractivity contribution in [3.8, 4) is 0 Å². The Hall–Kier alpha value is -2.23. The fourth-order valence-corrected chi connectivity index (χ4v) is 3.81. The lowest BCUT2D eigenvalue weighted by Crippen LogP contribution is -2.03. The third-order valence-corrected chi connectivity index (χ3v) is 4.80. The van der Waals surface area contributed by atoms with Crippen molar-refractivity contribution < 1.29 is 13.9 Å². The molecule has 4 heteroatoms. The average molecular weight is 311 g/mol. The van der Waals surface area contributed by atoms with Gasteiger partial charge in [0, 0.05) is 11.8 Å². The number of ether oxygens (including phenoxy) is 1. The molecule has 0 aliphatic heterocycles. The quantitative estimate of drug-likeness (QED) is 0.861. The number of anilines is 2. The highest BCUT2D eigenvalue weighted by atomic mass is 16.5. The van der Waals surface area contributed by atoms with E-state index in [2.05, 4.69) is 11.4 Å². The highest BCUT2D eigenvalue weighted by molar-refractivity contribution is 5.87. The number of furan rings is 1. The van der Waals surface area contributed by atoms with Crippen LogP contribution in [0.15, 0.2) is 22.6 Å². The molecule has 1 heterocycles. The molecular formula is C19H21NO3. The molecule has 0 bridgehead atoms. The van der Waals surface area contributed by atoms with Crippen LogP contribution in [-0.2, 0) is 30.4 Å². The van der Waals surface area contributed by atoms with Crippen LogP contribution in [0.4, 0.5) is 11.6 Å². The van der Waals surface area contributed by atoms with E-state index in [4.69, 9.17) is 9.15 Å². The molecule has 1 aromatic heterocycles. The number of hydrogen-bond donors (Lipinski definition) is 1. The Balaban J connectivity index is 1.66. The standard InChI is InChI=1S/C19H21NO3/c1-2-22-19(21)16-9-10-17(23-16)20-18-14-7-3-5-12(14)11-13-6-4-8-15(13)18/h9-11,20H,2-8H2,1H3. The molecule has 4 rings (SSSR count). The minimum atomic E-state index is -0.413. The molecule has 0 radical (unpaired) electrons. The van der Waals surface area contributed by atoms with Crippen molar-refractivity contribution in [2.75, 3.05) is 11.9 Å². The average Bonchev–Trinajstić information content (AvgIpc) is 3.26. The molecule has 0 saturated heterocycles. The zero-order valence-corrected chi connectivity index (χ0v) is 13.4. The Kier molecular flexibility index (Phi) is 3.60. The molecule has 2 aliphatic rings. The SMILES string of the molecule is CCOC(=O)c1ccc(Nc2c3c(cc4c2CCC4)CCC3)o1. The van der Waals surface area contributed by atoms with Gasteiger partial charge in [0.05, 0.1) is 6.61 Å². The summed E-state index contributed by atoms with van der Waals surface area (Å²) in [5.41, 5.74) is 7.03. The van der Waals surface area contributed by atoms with Gasteiger partial charge >= 0.3 is 5.97 Å². The molecule has 1 aromatic carbocycles. The molecule has 0 spiro atoms. The zero-order valence-electron chi connectivity index (χ0n) is 13.4.